The summed E-state index contributed by atoms with van der Waals surface area (Å²) < 4.78 is 5.24. The maximum Gasteiger partial charge on any atom is 0.214 e. The van der Waals surface area contributed by atoms with Crippen LogP contribution in [0.25, 0.3) is 38.5 Å². The van der Waals surface area contributed by atoms with E-state index < -0.39 is 0 Å². The van der Waals surface area contributed by atoms with Crippen LogP contribution < -0.4 is 5.35 Å². The molecule has 1 aliphatic carbocycles. The number of allylic oxidation sites excluding steroid dienone is 5. The summed E-state index contributed by atoms with van der Waals surface area (Å²) in [5, 5.41) is 8.22. The lowest BCUT2D eigenvalue weighted by Crippen LogP contribution is -2.16. The van der Waals surface area contributed by atoms with Crippen molar-refractivity contribution in [1.82, 2.24) is 4.57 Å². The minimum absolute atomic E-state index is 1.05. The number of nitrogens with zero attached hydrogens (tertiary/aromatic N) is 2. The fraction of sp³-hybridized carbons (Fsp3) is 0.352. The molecule has 0 fully saturated rings. The molecule has 57 heavy (non-hydrogen) atoms. The molecule has 0 amide bonds. The molecule has 0 bridgehead atoms. The zero-order valence-electron chi connectivity index (χ0n) is 34.7. The van der Waals surface area contributed by atoms with Gasteiger partial charge < -0.3 is 4.57 Å². The molecule has 0 radical (unpaired) electrons. The molecule has 1 aromatic heterocycles. The largest absolute Gasteiger partial charge is 0.340 e. The van der Waals surface area contributed by atoms with Crippen molar-refractivity contribution in [3.05, 3.63) is 148 Å². The molecule has 0 N–H and O–H groups in total. The average Bonchev–Trinajstić information content (AvgIpc) is 3.87. The van der Waals surface area contributed by atoms with E-state index in [1.807, 2.05) is 11.8 Å². The first-order valence-corrected chi connectivity index (χ1v) is 23.0. The van der Waals surface area contributed by atoms with Crippen LogP contribution in [-0.4, -0.2) is 21.4 Å². The summed E-state index contributed by atoms with van der Waals surface area (Å²) in [5.74, 6) is 0. The van der Waals surface area contributed by atoms with E-state index in [9.17, 15) is 0 Å². The third kappa shape index (κ3) is 8.65. The average molecular weight is 770 g/mol. The standard InChI is InChI=1S/C54H61N2S/c1-4-6-8-10-12-14-38-55-48(46-24-16-20-41-22-18-26-50(55)52(41)46)36-32-43-30-31-44(54(43)57-45-34-28-40(3)29-35-45)33-37-49-47-25-17-21-42-23-19-27-51(53(42)47)56(49)39-15-13-11-9-7-5-2/h16-29,32-37H,4-15,30-31,38-39H2,1-3H3/q+1. The SMILES string of the molecule is CCCCCCCCn1/c(=C/C=C2/CCC(/C=C/C3=[N+](CCCCCCCC)c4cccc5cccc3c45)=C2Sc2ccc(C)cc2)c2cccc3cccc1c32. The van der Waals surface area contributed by atoms with Crippen LogP contribution in [0.5, 0.6) is 0 Å². The normalized spacial score (nSPS) is 15.4. The van der Waals surface area contributed by atoms with Crippen LogP contribution in [-0.2, 0) is 6.54 Å². The molecule has 0 saturated heterocycles. The highest BCUT2D eigenvalue weighted by Gasteiger charge is 2.30. The van der Waals surface area contributed by atoms with E-state index >= 15 is 0 Å². The van der Waals surface area contributed by atoms with Gasteiger partial charge in [-0.1, -0.05) is 168 Å². The third-order valence-corrected chi connectivity index (χ3v) is 13.6. The van der Waals surface area contributed by atoms with Crippen LogP contribution in [0, 0.1) is 6.92 Å². The van der Waals surface area contributed by atoms with E-state index in [1.54, 1.807) is 0 Å². The molecule has 2 nitrogen and oxygen atoms in total. The van der Waals surface area contributed by atoms with Crippen molar-refractivity contribution < 1.29 is 4.58 Å². The Kier molecular flexibility index (Phi) is 12.9. The Morgan fingerprint density at radius 1 is 0.632 bits per heavy atom. The summed E-state index contributed by atoms with van der Waals surface area (Å²) in [4.78, 5) is 2.72. The number of thioether (sulfide) groups is 1. The zero-order chi connectivity index (χ0) is 39.0. The molecular weight excluding hydrogens is 709 g/mol. The molecule has 5 aromatic carbocycles. The highest BCUT2D eigenvalue weighted by molar-refractivity contribution is 8.03. The van der Waals surface area contributed by atoms with Crippen molar-refractivity contribution >= 4 is 61.7 Å². The number of hydrogen-bond acceptors (Lipinski definition) is 1. The lowest BCUT2D eigenvalue weighted by atomic mass is 10.0. The lowest BCUT2D eigenvalue weighted by Gasteiger charge is -2.08. The lowest BCUT2D eigenvalue weighted by molar-refractivity contribution is -0.436. The quantitative estimate of drug-likeness (QED) is 0.0588. The van der Waals surface area contributed by atoms with E-state index in [0.717, 1.165) is 25.9 Å². The van der Waals surface area contributed by atoms with E-state index in [4.69, 9.17) is 0 Å². The Hall–Kier alpha value is -4.60. The van der Waals surface area contributed by atoms with Crippen molar-refractivity contribution in [2.45, 2.75) is 122 Å². The molecule has 1 aliphatic heterocycles. The first-order valence-electron chi connectivity index (χ1n) is 22.2. The predicted octanol–water partition coefficient (Wildman–Crippen LogP) is 14.9. The Labute approximate surface area is 345 Å². The Morgan fingerprint density at radius 2 is 1.30 bits per heavy atom. The summed E-state index contributed by atoms with van der Waals surface area (Å²) in [6.45, 7) is 8.91. The summed E-state index contributed by atoms with van der Waals surface area (Å²) in [6.07, 6.45) is 27.6. The third-order valence-electron chi connectivity index (χ3n) is 12.3. The van der Waals surface area contributed by atoms with Gasteiger partial charge in [0.05, 0.1) is 10.9 Å². The fourth-order valence-electron chi connectivity index (χ4n) is 9.25. The van der Waals surface area contributed by atoms with Crippen LogP contribution in [0.1, 0.15) is 115 Å². The predicted molar refractivity (Wildman–Crippen MR) is 249 cm³/mol. The molecule has 0 spiro atoms. The Morgan fingerprint density at radius 3 is 2.07 bits per heavy atom. The second kappa shape index (κ2) is 18.8. The molecule has 292 valence electrons. The van der Waals surface area contributed by atoms with Crippen LogP contribution in [0.15, 0.2) is 136 Å². The summed E-state index contributed by atoms with van der Waals surface area (Å²) in [7, 11) is 0. The van der Waals surface area contributed by atoms with Gasteiger partial charge in [-0.15, -0.1) is 0 Å². The molecule has 0 atom stereocenters. The molecule has 2 aliphatic rings. The summed E-state index contributed by atoms with van der Waals surface area (Å²) >= 11 is 1.95. The van der Waals surface area contributed by atoms with E-state index in [0.29, 0.717) is 0 Å². The summed E-state index contributed by atoms with van der Waals surface area (Å²) in [5.41, 5.74) is 9.66. The van der Waals surface area contributed by atoms with Gasteiger partial charge in [-0.05, 0) is 84.9 Å². The van der Waals surface area contributed by atoms with Gasteiger partial charge in [-0.25, -0.2) is 0 Å². The molecular formula is C54H61N2S+. The smallest absolute Gasteiger partial charge is 0.214 e. The van der Waals surface area contributed by atoms with E-state index in [1.165, 1.54) is 158 Å². The molecule has 8 rings (SSSR count). The Bertz CT molecular complexity index is 2510. The monoisotopic (exact) mass is 769 g/mol. The van der Waals surface area contributed by atoms with Gasteiger partial charge in [0.15, 0.2) is 0 Å². The Balaban J connectivity index is 1.17. The van der Waals surface area contributed by atoms with Crippen molar-refractivity contribution in [3.63, 3.8) is 0 Å². The number of unbranched alkanes of at least 4 members (excludes halogenated alkanes) is 10. The molecule has 3 heteroatoms. The highest BCUT2D eigenvalue weighted by atomic mass is 32.2. The van der Waals surface area contributed by atoms with Gasteiger partial charge in [0.25, 0.3) is 0 Å². The maximum atomic E-state index is 2.62. The fourth-order valence-corrected chi connectivity index (χ4v) is 10.4. The van der Waals surface area contributed by atoms with E-state index in [-0.39, 0.29) is 0 Å². The number of aromatic nitrogens is 1. The summed E-state index contributed by atoms with van der Waals surface area (Å²) in [6, 6.07) is 36.5. The van der Waals surface area contributed by atoms with Gasteiger partial charge in [-0.2, -0.15) is 4.58 Å². The number of rotatable bonds is 19. The van der Waals surface area contributed by atoms with Gasteiger partial charge in [0.1, 0.15) is 6.54 Å². The first kappa shape index (κ1) is 39.2. The number of hydrogen-bond donors (Lipinski definition) is 0. The van der Waals surface area contributed by atoms with E-state index in [2.05, 4.69) is 151 Å². The van der Waals surface area contributed by atoms with Crippen LogP contribution in [0.2, 0.25) is 0 Å². The molecule has 0 saturated carbocycles. The minimum Gasteiger partial charge on any atom is -0.340 e. The zero-order valence-corrected chi connectivity index (χ0v) is 35.5. The second-order valence-corrected chi connectivity index (χ2v) is 17.5. The second-order valence-electron chi connectivity index (χ2n) is 16.4. The number of aryl methyl sites for hydroxylation is 2. The van der Waals surface area contributed by atoms with Gasteiger partial charge >= 0.3 is 0 Å². The van der Waals surface area contributed by atoms with Crippen molar-refractivity contribution in [3.8, 4) is 0 Å². The first-order chi connectivity index (χ1) is 28.1. The van der Waals surface area contributed by atoms with Gasteiger partial charge in [-0.3, -0.25) is 0 Å². The minimum atomic E-state index is 1.05. The number of benzene rings is 5. The van der Waals surface area contributed by atoms with Crippen LogP contribution >= 0.6 is 11.8 Å². The maximum absolute atomic E-state index is 2.62. The van der Waals surface area contributed by atoms with Gasteiger partial charge in [0, 0.05) is 56.5 Å². The van der Waals surface area contributed by atoms with Gasteiger partial charge in [0.2, 0.25) is 11.4 Å². The molecule has 2 heterocycles. The highest BCUT2D eigenvalue weighted by Crippen LogP contribution is 2.44. The molecule has 6 aromatic rings. The molecule has 0 unspecified atom stereocenters. The van der Waals surface area contributed by atoms with Crippen molar-refractivity contribution in [1.29, 1.82) is 0 Å². The van der Waals surface area contributed by atoms with Crippen LogP contribution in [0.4, 0.5) is 5.69 Å². The van der Waals surface area contributed by atoms with Crippen molar-refractivity contribution in [2.75, 3.05) is 6.54 Å². The van der Waals surface area contributed by atoms with Crippen molar-refractivity contribution in [2.24, 2.45) is 0 Å². The topological polar surface area (TPSA) is 7.94 Å². The van der Waals surface area contributed by atoms with Crippen LogP contribution in [0.3, 0.4) is 0 Å².